The molecule has 2 N–H and O–H groups in total. The molecule has 0 saturated heterocycles. The van der Waals surface area contributed by atoms with Gasteiger partial charge in [-0.15, -0.1) is 0 Å². The molecule has 16 heteroatoms. The Morgan fingerprint density at radius 3 is 1.25 bits per heavy atom. The lowest BCUT2D eigenvalue weighted by molar-refractivity contribution is -0.175. The van der Waals surface area contributed by atoms with Gasteiger partial charge in [-0.05, 0) is 0 Å². The van der Waals surface area contributed by atoms with Crippen LogP contribution in [0.1, 0.15) is 0 Å². The zero-order valence-electron chi connectivity index (χ0n) is 14.1. The monoisotopic (exact) mass is 460 g/mol. The van der Waals surface area contributed by atoms with Crippen LogP contribution in [0.2, 0.25) is 0 Å². The minimum Gasteiger partial charge on any atom is -0.467 e. The number of alkyl halides is 6. The van der Waals surface area contributed by atoms with E-state index in [0.29, 0.717) is 21.6 Å². The van der Waals surface area contributed by atoms with Crippen LogP contribution >= 0.6 is 21.6 Å². The van der Waals surface area contributed by atoms with Crippen molar-refractivity contribution in [2.45, 2.75) is 24.4 Å². The van der Waals surface area contributed by atoms with Crippen molar-refractivity contribution in [2.75, 3.05) is 25.7 Å². The van der Waals surface area contributed by atoms with Crippen LogP contribution in [0.5, 0.6) is 0 Å². The van der Waals surface area contributed by atoms with Crippen LogP contribution in [0, 0.1) is 0 Å². The smallest absolute Gasteiger partial charge is 0.467 e. The third-order valence-electron chi connectivity index (χ3n) is 2.65. The largest absolute Gasteiger partial charge is 0.471 e. The van der Waals surface area contributed by atoms with Crippen molar-refractivity contribution in [1.29, 1.82) is 0 Å². The summed E-state index contributed by atoms with van der Waals surface area (Å²) in [5.41, 5.74) is 0. The molecule has 0 rings (SSSR count). The van der Waals surface area contributed by atoms with Crippen LogP contribution < -0.4 is 10.6 Å². The van der Waals surface area contributed by atoms with Gasteiger partial charge in [0.25, 0.3) is 0 Å². The summed E-state index contributed by atoms with van der Waals surface area (Å²) in [7, 11) is 3.02. The number of rotatable bonds is 9. The van der Waals surface area contributed by atoms with Crippen molar-refractivity contribution >= 4 is 45.3 Å². The van der Waals surface area contributed by atoms with Gasteiger partial charge in [0.2, 0.25) is 0 Å². The van der Waals surface area contributed by atoms with Crippen LogP contribution in [-0.2, 0) is 28.7 Å². The Balaban J connectivity index is 4.79. The molecule has 2 amide bonds. The summed E-state index contributed by atoms with van der Waals surface area (Å²) < 4.78 is 82.0. The lowest BCUT2D eigenvalue weighted by Crippen LogP contribution is -2.49. The quantitative estimate of drug-likeness (QED) is 0.225. The molecular weight excluding hydrogens is 446 g/mol. The number of hydrogen-bond acceptors (Lipinski definition) is 8. The molecule has 2 atom stereocenters. The number of amides is 2. The van der Waals surface area contributed by atoms with Crippen molar-refractivity contribution < 1.29 is 55.0 Å². The first-order chi connectivity index (χ1) is 12.7. The zero-order chi connectivity index (χ0) is 22.1. The molecule has 0 aromatic heterocycles. The van der Waals surface area contributed by atoms with Gasteiger partial charge in [0.1, 0.15) is 12.1 Å². The zero-order valence-corrected chi connectivity index (χ0v) is 15.7. The highest BCUT2D eigenvalue weighted by atomic mass is 33.1. The first kappa shape index (κ1) is 26.2. The number of ether oxygens (including phenoxy) is 2. The van der Waals surface area contributed by atoms with E-state index in [2.05, 4.69) is 9.47 Å². The van der Waals surface area contributed by atoms with E-state index in [9.17, 15) is 45.5 Å². The van der Waals surface area contributed by atoms with Gasteiger partial charge in [-0.2, -0.15) is 26.3 Å². The van der Waals surface area contributed by atoms with Crippen LogP contribution in [-0.4, -0.2) is 73.9 Å². The lowest BCUT2D eigenvalue weighted by Gasteiger charge is -2.18. The summed E-state index contributed by atoms with van der Waals surface area (Å²) in [4.78, 5) is 44.7. The molecule has 28 heavy (non-hydrogen) atoms. The van der Waals surface area contributed by atoms with E-state index < -0.39 is 59.7 Å². The first-order valence-corrected chi connectivity index (χ1v) is 9.38. The molecule has 0 spiro atoms. The minimum absolute atomic E-state index is 0.472. The average Bonchev–Trinajstić information content (AvgIpc) is 2.59. The molecule has 8 nitrogen and oxygen atoms in total. The molecule has 0 radical (unpaired) electrons. The number of methoxy groups -OCH3 is 2. The van der Waals surface area contributed by atoms with E-state index in [4.69, 9.17) is 0 Å². The van der Waals surface area contributed by atoms with Crippen molar-refractivity contribution in [3.8, 4) is 0 Å². The maximum absolute atomic E-state index is 12.3. The van der Waals surface area contributed by atoms with E-state index >= 15 is 0 Å². The number of nitrogens with one attached hydrogen (secondary N) is 2. The molecule has 0 unspecified atom stereocenters. The molecule has 0 aromatic rings. The maximum Gasteiger partial charge on any atom is 0.471 e. The number of carbonyl (C=O) groups excluding carboxylic acids is 4. The molecule has 0 fully saturated rings. The molecular formula is C12H14F6N2O6S2. The predicted molar refractivity (Wildman–Crippen MR) is 84.9 cm³/mol. The van der Waals surface area contributed by atoms with Crippen molar-refractivity contribution in [2.24, 2.45) is 0 Å². The van der Waals surface area contributed by atoms with E-state index in [1.54, 1.807) is 0 Å². The Bertz CT molecular complexity index is 536. The average molecular weight is 460 g/mol. The highest BCUT2D eigenvalue weighted by Crippen LogP contribution is 2.25. The van der Waals surface area contributed by atoms with Crippen molar-refractivity contribution in [3.63, 3.8) is 0 Å². The fourth-order valence-electron chi connectivity index (χ4n) is 1.33. The van der Waals surface area contributed by atoms with Gasteiger partial charge in [0.15, 0.2) is 0 Å². The topological polar surface area (TPSA) is 111 Å². The Labute approximate surface area is 161 Å². The van der Waals surface area contributed by atoms with Crippen LogP contribution in [0.3, 0.4) is 0 Å². The van der Waals surface area contributed by atoms with Crippen LogP contribution in [0.25, 0.3) is 0 Å². The fourth-order valence-corrected chi connectivity index (χ4v) is 3.63. The minimum atomic E-state index is -5.25. The van der Waals surface area contributed by atoms with E-state index in [1.165, 1.54) is 10.6 Å². The van der Waals surface area contributed by atoms with E-state index in [-0.39, 0.29) is 0 Å². The highest BCUT2D eigenvalue weighted by molar-refractivity contribution is 8.76. The van der Waals surface area contributed by atoms with E-state index in [1.807, 2.05) is 0 Å². The van der Waals surface area contributed by atoms with Gasteiger partial charge in [-0.25, -0.2) is 9.59 Å². The number of carbonyl (C=O) groups is 4. The highest BCUT2D eigenvalue weighted by Gasteiger charge is 2.42. The normalized spacial score (nSPS) is 13.9. The summed E-state index contributed by atoms with van der Waals surface area (Å²) in [6.45, 7) is 0. The summed E-state index contributed by atoms with van der Waals surface area (Å²) in [6, 6.07) is -3.42. The van der Waals surface area contributed by atoms with Crippen LogP contribution in [0.4, 0.5) is 26.3 Å². The van der Waals surface area contributed by atoms with E-state index in [0.717, 1.165) is 14.2 Å². The van der Waals surface area contributed by atoms with Crippen molar-refractivity contribution in [1.82, 2.24) is 10.6 Å². The number of halogens is 6. The van der Waals surface area contributed by atoms with Gasteiger partial charge in [0.05, 0.1) is 14.2 Å². The number of esters is 2. The van der Waals surface area contributed by atoms with Gasteiger partial charge >= 0.3 is 36.1 Å². The molecule has 0 aliphatic carbocycles. The predicted octanol–water partition coefficient (Wildman–Crippen LogP) is 0.808. The van der Waals surface area contributed by atoms with Gasteiger partial charge in [-0.1, -0.05) is 21.6 Å². The number of hydrogen-bond donors (Lipinski definition) is 2. The van der Waals surface area contributed by atoms with Crippen molar-refractivity contribution in [3.05, 3.63) is 0 Å². The first-order valence-electron chi connectivity index (χ1n) is 6.89. The second-order valence-corrected chi connectivity index (χ2v) is 7.22. The van der Waals surface area contributed by atoms with Gasteiger partial charge in [-0.3, -0.25) is 9.59 Å². The molecule has 162 valence electrons. The molecule has 0 heterocycles. The standard InChI is InChI=1S/C12H14F6N2O6S2/c1-25-7(21)5(19-9(23)11(13,14)15)3-27-28-4-6(8(22)26-2)20-10(24)12(16,17)18/h5-6H,3-4H2,1-2H3,(H,19,23)(H,20,24)/t5-,6-/m1/s1. The van der Waals surface area contributed by atoms with Crippen LogP contribution in [0.15, 0.2) is 0 Å². The van der Waals surface area contributed by atoms with Gasteiger partial charge < -0.3 is 20.1 Å². The summed E-state index contributed by atoms with van der Waals surface area (Å²) in [5, 5.41) is 2.80. The second-order valence-electron chi connectivity index (χ2n) is 4.66. The Kier molecular flexibility index (Phi) is 10.5. The third kappa shape index (κ3) is 9.38. The molecule has 0 aromatic carbocycles. The SMILES string of the molecule is COC(=O)[C@@H](CSSC[C@@H](NC(=O)C(F)(F)F)C(=O)OC)NC(=O)C(F)(F)F. The molecule has 0 saturated carbocycles. The Hall–Kier alpha value is -1.84. The Morgan fingerprint density at radius 2 is 1.04 bits per heavy atom. The second kappa shape index (κ2) is 11.2. The maximum atomic E-state index is 12.3. The van der Waals surface area contributed by atoms with Gasteiger partial charge in [0, 0.05) is 11.5 Å². The molecule has 0 aliphatic rings. The summed E-state index contributed by atoms with van der Waals surface area (Å²) in [6.07, 6.45) is -10.5. The summed E-state index contributed by atoms with van der Waals surface area (Å²) >= 11 is 0. The summed E-state index contributed by atoms with van der Waals surface area (Å²) in [5.74, 6) is -8.11. The fraction of sp³-hybridized carbons (Fsp3) is 0.667. The molecule has 0 bridgehead atoms. The Morgan fingerprint density at radius 1 is 0.750 bits per heavy atom. The third-order valence-corrected chi connectivity index (χ3v) is 5.07. The molecule has 0 aliphatic heterocycles. The lowest BCUT2D eigenvalue weighted by atomic mass is 10.3.